The van der Waals surface area contributed by atoms with Crippen molar-refractivity contribution in [3.63, 3.8) is 0 Å². The molecule has 4 atom stereocenters. The van der Waals surface area contributed by atoms with Gasteiger partial charge >= 0.3 is 5.97 Å². The van der Waals surface area contributed by atoms with Crippen LogP contribution in [0.3, 0.4) is 0 Å². The van der Waals surface area contributed by atoms with Gasteiger partial charge in [0.25, 0.3) is 0 Å². The highest BCUT2D eigenvalue weighted by atomic mass is 16.7. The summed E-state index contributed by atoms with van der Waals surface area (Å²) in [6, 6.07) is 19.7. The van der Waals surface area contributed by atoms with Crippen LogP contribution < -0.4 is 0 Å². The Labute approximate surface area is 153 Å². The molecule has 0 amide bonds. The second-order valence-electron chi connectivity index (χ2n) is 6.87. The zero-order valence-electron chi connectivity index (χ0n) is 14.8. The Kier molecular flexibility index (Phi) is 5.02. The lowest BCUT2D eigenvalue weighted by Gasteiger charge is -2.24. The van der Waals surface area contributed by atoms with E-state index >= 15 is 0 Å². The number of carbonyl (C=O) groups excluding carboxylic acids is 1. The van der Waals surface area contributed by atoms with Crippen molar-refractivity contribution in [3.8, 4) is 0 Å². The number of esters is 1. The van der Waals surface area contributed by atoms with Gasteiger partial charge in [0.2, 0.25) is 0 Å². The molecule has 0 N–H and O–H groups in total. The first-order chi connectivity index (χ1) is 12.7. The molecule has 26 heavy (non-hydrogen) atoms. The van der Waals surface area contributed by atoms with Gasteiger partial charge in [0.1, 0.15) is 12.1 Å². The molecular formula is C21H23NO4. The van der Waals surface area contributed by atoms with Crippen LogP contribution in [0.1, 0.15) is 18.1 Å². The molecule has 2 saturated heterocycles. The van der Waals surface area contributed by atoms with Gasteiger partial charge in [0.15, 0.2) is 0 Å². The van der Waals surface area contributed by atoms with Gasteiger partial charge < -0.3 is 9.47 Å². The number of ether oxygens (including phenoxy) is 2. The summed E-state index contributed by atoms with van der Waals surface area (Å²) in [6.45, 7) is 3.46. The molecule has 5 heteroatoms. The van der Waals surface area contributed by atoms with Crippen LogP contribution in [0.5, 0.6) is 0 Å². The van der Waals surface area contributed by atoms with Crippen LogP contribution in [0.15, 0.2) is 60.7 Å². The zero-order chi connectivity index (χ0) is 17.9. The molecule has 5 nitrogen and oxygen atoms in total. The molecule has 2 fully saturated rings. The minimum absolute atomic E-state index is 0.00279. The highest BCUT2D eigenvalue weighted by Gasteiger charge is 2.54. The fraction of sp³-hybridized carbons (Fsp3) is 0.381. The highest BCUT2D eigenvalue weighted by molar-refractivity contribution is 5.78. The average molecular weight is 353 g/mol. The smallest absolute Gasteiger partial charge is 0.326 e. The number of hydrogen-bond acceptors (Lipinski definition) is 5. The van der Waals surface area contributed by atoms with Crippen molar-refractivity contribution < 1.29 is 19.1 Å². The van der Waals surface area contributed by atoms with Gasteiger partial charge in [-0.3, -0.25) is 9.63 Å². The Morgan fingerprint density at radius 3 is 2.42 bits per heavy atom. The fourth-order valence-electron chi connectivity index (χ4n) is 3.66. The first kappa shape index (κ1) is 17.2. The number of rotatable bonds is 6. The summed E-state index contributed by atoms with van der Waals surface area (Å²) in [7, 11) is 0. The maximum Gasteiger partial charge on any atom is 0.326 e. The Balaban J connectivity index is 1.44. The molecule has 2 aromatic rings. The topological polar surface area (TPSA) is 48.0 Å². The standard InChI is InChI=1S/C21H23NO4/c1-15(24-13-17-10-6-3-7-11-17)20-18-14-25-21(23)19(18)22(26-20)12-16-8-4-2-5-9-16/h2-11,15,18-20H,12-14H2,1H3/t15-,18-,19-,20+/m0/s1. The van der Waals surface area contributed by atoms with E-state index in [4.69, 9.17) is 14.3 Å². The van der Waals surface area contributed by atoms with E-state index < -0.39 is 0 Å². The summed E-state index contributed by atoms with van der Waals surface area (Å²) in [4.78, 5) is 18.4. The van der Waals surface area contributed by atoms with Crippen LogP contribution in [0.2, 0.25) is 0 Å². The highest BCUT2D eigenvalue weighted by Crippen LogP contribution is 2.36. The van der Waals surface area contributed by atoms with Crippen molar-refractivity contribution in [2.75, 3.05) is 6.61 Å². The van der Waals surface area contributed by atoms with Crippen molar-refractivity contribution in [2.45, 2.75) is 38.3 Å². The van der Waals surface area contributed by atoms with Crippen molar-refractivity contribution in [3.05, 3.63) is 71.8 Å². The third-order valence-corrected chi connectivity index (χ3v) is 5.05. The lowest BCUT2D eigenvalue weighted by Crippen LogP contribution is -2.35. The summed E-state index contributed by atoms with van der Waals surface area (Å²) in [6.07, 6.45) is -0.336. The first-order valence-corrected chi connectivity index (χ1v) is 9.02. The predicted octanol–water partition coefficient (Wildman–Crippen LogP) is 2.95. The molecule has 4 rings (SSSR count). The molecule has 0 aliphatic carbocycles. The Morgan fingerprint density at radius 1 is 1.08 bits per heavy atom. The van der Waals surface area contributed by atoms with Crippen LogP contribution >= 0.6 is 0 Å². The van der Waals surface area contributed by atoms with Gasteiger partial charge in [0.05, 0.1) is 31.8 Å². The van der Waals surface area contributed by atoms with E-state index in [9.17, 15) is 4.79 Å². The SMILES string of the molecule is C[C@H](OCc1ccccc1)[C@H]1ON(Cc2ccccc2)[C@@H]2C(=O)OC[C@H]12. The number of fused-ring (bicyclic) bond motifs is 1. The first-order valence-electron chi connectivity index (χ1n) is 9.02. The fourth-order valence-corrected chi connectivity index (χ4v) is 3.66. The monoisotopic (exact) mass is 353 g/mol. The molecular weight excluding hydrogens is 330 g/mol. The van der Waals surface area contributed by atoms with Gasteiger partial charge in [-0.2, -0.15) is 5.06 Å². The molecule has 2 aliphatic heterocycles. The summed E-state index contributed by atoms with van der Waals surface area (Å²) in [5.41, 5.74) is 2.22. The van der Waals surface area contributed by atoms with Crippen LogP contribution in [0, 0.1) is 5.92 Å². The number of benzene rings is 2. The third-order valence-electron chi connectivity index (χ3n) is 5.05. The number of hydrogen-bond donors (Lipinski definition) is 0. The summed E-state index contributed by atoms with van der Waals surface area (Å²) in [5.74, 6) is -0.208. The molecule has 136 valence electrons. The summed E-state index contributed by atoms with van der Waals surface area (Å²) >= 11 is 0. The normalized spacial score (nSPS) is 26.5. The number of carbonyl (C=O) groups is 1. The van der Waals surface area contributed by atoms with E-state index in [0.717, 1.165) is 11.1 Å². The minimum Gasteiger partial charge on any atom is -0.464 e. The van der Waals surface area contributed by atoms with Gasteiger partial charge in [-0.25, -0.2) is 0 Å². The zero-order valence-corrected chi connectivity index (χ0v) is 14.8. The van der Waals surface area contributed by atoms with Crippen molar-refractivity contribution >= 4 is 5.97 Å². The van der Waals surface area contributed by atoms with Crippen LogP contribution in [-0.2, 0) is 32.3 Å². The second-order valence-corrected chi connectivity index (χ2v) is 6.87. The third kappa shape index (κ3) is 3.51. The molecule has 0 bridgehead atoms. The van der Waals surface area contributed by atoms with E-state index in [0.29, 0.717) is 19.8 Å². The molecule has 0 unspecified atom stereocenters. The number of cyclic esters (lactones) is 1. The largest absolute Gasteiger partial charge is 0.464 e. The van der Waals surface area contributed by atoms with Crippen molar-refractivity contribution in [2.24, 2.45) is 5.92 Å². The number of nitrogens with zero attached hydrogens (tertiary/aromatic N) is 1. The molecule has 0 saturated carbocycles. The van der Waals surface area contributed by atoms with E-state index in [1.165, 1.54) is 0 Å². The van der Waals surface area contributed by atoms with Gasteiger partial charge in [-0.15, -0.1) is 0 Å². The molecule has 0 spiro atoms. The van der Waals surface area contributed by atoms with E-state index in [2.05, 4.69) is 0 Å². The van der Waals surface area contributed by atoms with E-state index in [1.807, 2.05) is 67.6 Å². The maximum atomic E-state index is 12.2. The summed E-state index contributed by atoms with van der Waals surface area (Å²) in [5, 5.41) is 1.77. The number of hydroxylamine groups is 2. The van der Waals surface area contributed by atoms with Crippen LogP contribution in [-0.4, -0.2) is 35.9 Å². The van der Waals surface area contributed by atoms with Crippen LogP contribution in [0.25, 0.3) is 0 Å². The van der Waals surface area contributed by atoms with Gasteiger partial charge in [-0.1, -0.05) is 60.7 Å². The van der Waals surface area contributed by atoms with E-state index in [-0.39, 0.29) is 30.1 Å². The molecule has 2 aromatic carbocycles. The second kappa shape index (κ2) is 7.58. The van der Waals surface area contributed by atoms with Gasteiger partial charge in [0, 0.05) is 0 Å². The lowest BCUT2D eigenvalue weighted by atomic mass is 9.94. The Morgan fingerprint density at radius 2 is 1.73 bits per heavy atom. The molecule has 2 aliphatic rings. The quantitative estimate of drug-likeness (QED) is 0.748. The Hall–Kier alpha value is -2.21. The molecule has 0 radical (unpaired) electrons. The Bertz CT molecular complexity index is 736. The minimum atomic E-state index is -0.358. The maximum absolute atomic E-state index is 12.2. The predicted molar refractivity (Wildman–Crippen MR) is 95.8 cm³/mol. The average Bonchev–Trinajstić information content (AvgIpc) is 3.23. The van der Waals surface area contributed by atoms with E-state index in [1.54, 1.807) is 5.06 Å². The summed E-state index contributed by atoms with van der Waals surface area (Å²) < 4.78 is 11.4. The van der Waals surface area contributed by atoms with Gasteiger partial charge in [-0.05, 0) is 18.1 Å². The lowest BCUT2D eigenvalue weighted by molar-refractivity contribution is -0.208. The molecule has 0 aromatic heterocycles. The van der Waals surface area contributed by atoms with Crippen molar-refractivity contribution in [1.82, 2.24) is 5.06 Å². The van der Waals surface area contributed by atoms with Crippen LogP contribution in [0.4, 0.5) is 0 Å². The molecule has 2 heterocycles. The van der Waals surface area contributed by atoms with Crippen molar-refractivity contribution in [1.29, 1.82) is 0 Å².